The van der Waals surface area contributed by atoms with Gasteiger partial charge in [0.1, 0.15) is 9.98 Å². The van der Waals surface area contributed by atoms with Crippen molar-refractivity contribution in [1.29, 1.82) is 0 Å². The van der Waals surface area contributed by atoms with Gasteiger partial charge in [0.05, 0.1) is 0 Å². The third-order valence-electron chi connectivity index (χ3n) is 1.91. The van der Waals surface area contributed by atoms with Crippen LogP contribution in [-0.4, -0.2) is 45.2 Å². The first-order valence-corrected chi connectivity index (χ1v) is 6.24. The lowest BCUT2D eigenvalue weighted by molar-refractivity contribution is -0.138. The second-order valence-corrected chi connectivity index (χ2v) is 4.32. The Balaban J connectivity index is 3.60. The molecule has 0 aliphatic carbocycles. The van der Waals surface area contributed by atoms with E-state index in [-0.39, 0.29) is 12.8 Å². The lowest BCUT2D eigenvalue weighted by Gasteiger charge is -2.10. The van der Waals surface area contributed by atoms with E-state index in [0.29, 0.717) is 35.9 Å². The summed E-state index contributed by atoms with van der Waals surface area (Å²) in [5.41, 5.74) is 0. The molecule has 102 valence electrons. The first-order valence-electron chi connectivity index (χ1n) is 5.43. The predicted molar refractivity (Wildman–Crippen MR) is 74.9 cm³/mol. The summed E-state index contributed by atoms with van der Waals surface area (Å²) in [6.07, 6.45) is 1.09. The molecule has 4 N–H and O–H groups in total. The van der Waals surface area contributed by atoms with Gasteiger partial charge in [0.25, 0.3) is 0 Å². The first-order chi connectivity index (χ1) is 8.43. The molecule has 0 unspecified atom stereocenters. The summed E-state index contributed by atoms with van der Waals surface area (Å²) in [4.78, 5) is 21.2. The summed E-state index contributed by atoms with van der Waals surface area (Å²) >= 11 is 9.96. The molecular weight excluding hydrogens is 276 g/mol. The van der Waals surface area contributed by atoms with Crippen molar-refractivity contribution in [2.45, 2.75) is 25.7 Å². The van der Waals surface area contributed by atoms with Gasteiger partial charge in [-0.2, -0.15) is 0 Å². The normalized spacial score (nSPS) is 9.56. The van der Waals surface area contributed by atoms with Gasteiger partial charge in [-0.25, -0.2) is 0 Å². The summed E-state index contributed by atoms with van der Waals surface area (Å²) in [6, 6.07) is 0. The van der Waals surface area contributed by atoms with Crippen LogP contribution in [0.15, 0.2) is 0 Å². The number of thiocarbonyl (C=S) groups is 2. The fraction of sp³-hybridized carbons (Fsp3) is 0.600. The summed E-state index contributed by atoms with van der Waals surface area (Å²) in [5, 5.41) is 22.5. The second kappa shape index (κ2) is 9.72. The van der Waals surface area contributed by atoms with Crippen LogP contribution >= 0.6 is 24.4 Å². The molecule has 0 bridgehead atoms. The monoisotopic (exact) mass is 292 g/mol. The van der Waals surface area contributed by atoms with Crippen molar-refractivity contribution in [2.75, 3.05) is 13.1 Å². The Morgan fingerprint density at radius 3 is 1.44 bits per heavy atom. The van der Waals surface area contributed by atoms with E-state index in [1.54, 1.807) is 0 Å². The van der Waals surface area contributed by atoms with Gasteiger partial charge in [-0.3, -0.25) is 9.59 Å². The van der Waals surface area contributed by atoms with E-state index < -0.39 is 11.9 Å². The van der Waals surface area contributed by atoms with Crippen molar-refractivity contribution in [3.05, 3.63) is 0 Å². The maximum atomic E-state index is 10.3. The molecule has 0 spiro atoms. The zero-order valence-corrected chi connectivity index (χ0v) is 11.4. The highest BCUT2D eigenvalue weighted by molar-refractivity contribution is 7.89. The van der Waals surface area contributed by atoms with Gasteiger partial charge in [0.2, 0.25) is 0 Å². The third-order valence-corrected chi connectivity index (χ3v) is 2.74. The molecule has 0 rings (SSSR count). The lowest BCUT2D eigenvalue weighted by Crippen LogP contribution is -2.38. The second-order valence-electron chi connectivity index (χ2n) is 3.51. The van der Waals surface area contributed by atoms with Gasteiger partial charge < -0.3 is 20.8 Å². The lowest BCUT2D eigenvalue weighted by atomic mass is 10.3. The molecule has 0 saturated heterocycles. The topological polar surface area (TPSA) is 98.7 Å². The minimum absolute atomic E-state index is 0.0778. The first kappa shape index (κ1) is 16.7. The van der Waals surface area contributed by atoms with Gasteiger partial charge in [-0.1, -0.05) is 24.4 Å². The summed E-state index contributed by atoms with van der Waals surface area (Å²) in [6.45, 7) is 0.893. The van der Waals surface area contributed by atoms with Crippen LogP contribution in [-0.2, 0) is 9.59 Å². The smallest absolute Gasteiger partial charge is 0.303 e. The third kappa shape index (κ3) is 9.91. The molecule has 0 heterocycles. The molecular formula is C10H16N2O4S2. The molecule has 0 saturated carbocycles. The van der Waals surface area contributed by atoms with Gasteiger partial charge in [-0.15, -0.1) is 0 Å². The molecule has 6 nitrogen and oxygen atoms in total. The highest BCUT2D eigenvalue weighted by Crippen LogP contribution is 1.89. The summed E-state index contributed by atoms with van der Waals surface area (Å²) in [5.74, 6) is -1.70. The molecule has 0 radical (unpaired) electrons. The summed E-state index contributed by atoms with van der Waals surface area (Å²) in [7, 11) is 0. The number of carboxylic acids is 2. The zero-order chi connectivity index (χ0) is 14.0. The van der Waals surface area contributed by atoms with E-state index in [1.165, 1.54) is 0 Å². The molecule has 18 heavy (non-hydrogen) atoms. The molecule has 0 atom stereocenters. The van der Waals surface area contributed by atoms with E-state index >= 15 is 0 Å². The fourth-order valence-corrected chi connectivity index (χ4v) is 1.39. The van der Waals surface area contributed by atoms with E-state index in [1.807, 2.05) is 0 Å². The number of hydrogen-bond donors (Lipinski definition) is 4. The Bertz CT molecular complexity index is 302. The Morgan fingerprint density at radius 1 is 0.833 bits per heavy atom. The van der Waals surface area contributed by atoms with Crippen LogP contribution < -0.4 is 10.6 Å². The fourth-order valence-electron chi connectivity index (χ4n) is 1.04. The van der Waals surface area contributed by atoms with Crippen molar-refractivity contribution in [3.63, 3.8) is 0 Å². The molecule has 0 aliphatic rings. The number of nitrogens with one attached hydrogen (secondary N) is 2. The predicted octanol–water partition coefficient (Wildman–Crippen LogP) is 0.550. The van der Waals surface area contributed by atoms with Gasteiger partial charge in [0.15, 0.2) is 0 Å². The van der Waals surface area contributed by atoms with E-state index in [2.05, 4.69) is 10.6 Å². The highest BCUT2D eigenvalue weighted by Gasteiger charge is 2.04. The SMILES string of the molecule is O=C(O)CCCNC(=S)C(=S)NCCCC(=O)O. The van der Waals surface area contributed by atoms with Crippen LogP contribution in [0, 0.1) is 0 Å². The van der Waals surface area contributed by atoms with E-state index in [0.717, 1.165) is 0 Å². The molecule has 0 aliphatic heterocycles. The average Bonchev–Trinajstić information content (AvgIpc) is 2.29. The van der Waals surface area contributed by atoms with Gasteiger partial charge >= 0.3 is 11.9 Å². The zero-order valence-electron chi connectivity index (χ0n) is 9.77. The van der Waals surface area contributed by atoms with Crippen molar-refractivity contribution in [1.82, 2.24) is 10.6 Å². The van der Waals surface area contributed by atoms with Crippen molar-refractivity contribution in [3.8, 4) is 0 Å². The Hall–Kier alpha value is -1.28. The van der Waals surface area contributed by atoms with Crippen molar-refractivity contribution >= 4 is 46.4 Å². The maximum absolute atomic E-state index is 10.3. The number of hydrogen-bond acceptors (Lipinski definition) is 4. The van der Waals surface area contributed by atoms with Crippen LogP contribution in [0.25, 0.3) is 0 Å². The van der Waals surface area contributed by atoms with Crippen LogP contribution in [0.4, 0.5) is 0 Å². The van der Waals surface area contributed by atoms with Crippen LogP contribution in [0.3, 0.4) is 0 Å². The standard InChI is InChI=1S/C10H16N2O4S2/c13-7(14)3-1-5-11-9(17)10(18)12-6-2-4-8(15)16/h1-6H2,(H,11,17)(H,12,18)(H,13,14)(H,15,16). The van der Waals surface area contributed by atoms with Gasteiger partial charge in [-0.05, 0) is 12.8 Å². The Kier molecular flexibility index (Phi) is 9.03. The molecule has 0 aromatic rings. The number of carboxylic acid groups (broad SMARTS) is 2. The molecule has 8 heteroatoms. The maximum Gasteiger partial charge on any atom is 0.303 e. The molecule has 0 amide bonds. The Labute approximate surface area is 116 Å². The Morgan fingerprint density at radius 2 is 1.17 bits per heavy atom. The van der Waals surface area contributed by atoms with Gasteiger partial charge in [0, 0.05) is 25.9 Å². The van der Waals surface area contributed by atoms with Crippen molar-refractivity contribution in [2.24, 2.45) is 0 Å². The minimum Gasteiger partial charge on any atom is -0.481 e. The van der Waals surface area contributed by atoms with E-state index in [4.69, 9.17) is 34.6 Å². The largest absolute Gasteiger partial charge is 0.481 e. The molecule has 0 aromatic carbocycles. The van der Waals surface area contributed by atoms with E-state index in [9.17, 15) is 9.59 Å². The average molecular weight is 292 g/mol. The van der Waals surface area contributed by atoms with Crippen LogP contribution in [0.2, 0.25) is 0 Å². The molecule has 0 fully saturated rings. The van der Waals surface area contributed by atoms with Crippen molar-refractivity contribution < 1.29 is 19.8 Å². The highest BCUT2D eigenvalue weighted by atomic mass is 32.1. The number of carbonyl (C=O) groups is 2. The summed E-state index contributed by atoms with van der Waals surface area (Å²) < 4.78 is 0. The van der Waals surface area contributed by atoms with Crippen LogP contribution in [0.1, 0.15) is 25.7 Å². The van der Waals surface area contributed by atoms with Crippen LogP contribution in [0.5, 0.6) is 0 Å². The quantitative estimate of drug-likeness (QED) is 0.380. The minimum atomic E-state index is -0.850. The number of aliphatic carboxylic acids is 2. The molecule has 0 aromatic heterocycles. The number of rotatable bonds is 8.